The number of piperidine rings is 2. The molecule has 1 spiro atoms. The second kappa shape index (κ2) is 7.87. The smallest absolute Gasteiger partial charge is 0.253 e. The molecule has 6 heteroatoms. The second-order valence-corrected chi connectivity index (χ2v) is 8.03. The van der Waals surface area contributed by atoms with Crippen LogP contribution in [0.25, 0.3) is 0 Å². The van der Waals surface area contributed by atoms with E-state index in [2.05, 4.69) is 21.8 Å². The average molecular weight is 380 g/mol. The van der Waals surface area contributed by atoms with Gasteiger partial charge in [-0.2, -0.15) is 0 Å². The summed E-state index contributed by atoms with van der Waals surface area (Å²) in [6.07, 6.45) is 6.75. The fraction of sp³-hybridized carbons (Fsp3) is 0.500. The SMILES string of the molecule is CCc1cnc(N2CC[C@@H](O)[C@]3(CCCN(C(=O)c4ccccc4)C3)C2)nc1. The molecule has 4 rings (SSSR count). The molecule has 1 amide bonds. The summed E-state index contributed by atoms with van der Waals surface area (Å²) < 4.78 is 0. The van der Waals surface area contributed by atoms with Gasteiger partial charge in [-0.3, -0.25) is 4.79 Å². The summed E-state index contributed by atoms with van der Waals surface area (Å²) in [5.41, 5.74) is 1.50. The molecule has 2 fully saturated rings. The van der Waals surface area contributed by atoms with Gasteiger partial charge >= 0.3 is 0 Å². The highest BCUT2D eigenvalue weighted by molar-refractivity contribution is 5.94. The first-order valence-electron chi connectivity index (χ1n) is 10.2. The Labute approximate surface area is 166 Å². The van der Waals surface area contributed by atoms with Gasteiger partial charge in [-0.25, -0.2) is 9.97 Å². The third kappa shape index (κ3) is 3.61. The van der Waals surface area contributed by atoms with E-state index >= 15 is 0 Å². The normalized spacial score (nSPS) is 25.1. The molecule has 28 heavy (non-hydrogen) atoms. The van der Waals surface area contributed by atoms with Gasteiger partial charge in [0.1, 0.15) is 0 Å². The van der Waals surface area contributed by atoms with Crippen molar-refractivity contribution in [1.82, 2.24) is 14.9 Å². The summed E-state index contributed by atoms with van der Waals surface area (Å²) in [6, 6.07) is 9.41. The van der Waals surface area contributed by atoms with Crippen molar-refractivity contribution in [1.29, 1.82) is 0 Å². The van der Waals surface area contributed by atoms with Crippen molar-refractivity contribution in [3.8, 4) is 0 Å². The second-order valence-electron chi connectivity index (χ2n) is 8.03. The van der Waals surface area contributed by atoms with Gasteiger partial charge in [-0.15, -0.1) is 0 Å². The van der Waals surface area contributed by atoms with Crippen molar-refractivity contribution in [3.05, 3.63) is 53.9 Å². The number of rotatable bonds is 3. The lowest BCUT2D eigenvalue weighted by Gasteiger charge is -2.51. The van der Waals surface area contributed by atoms with E-state index in [0.717, 1.165) is 43.9 Å². The van der Waals surface area contributed by atoms with Crippen molar-refractivity contribution < 1.29 is 9.90 Å². The predicted octanol–water partition coefficient (Wildman–Crippen LogP) is 2.53. The number of aryl methyl sites for hydroxylation is 1. The van der Waals surface area contributed by atoms with Crippen LogP contribution in [0.4, 0.5) is 5.95 Å². The highest BCUT2D eigenvalue weighted by atomic mass is 16.3. The molecule has 3 heterocycles. The van der Waals surface area contributed by atoms with Crippen LogP contribution >= 0.6 is 0 Å². The molecule has 2 aliphatic rings. The van der Waals surface area contributed by atoms with E-state index in [1.165, 1.54) is 0 Å². The molecule has 148 valence electrons. The number of aliphatic hydroxyl groups is 1. The molecule has 0 saturated carbocycles. The van der Waals surface area contributed by atoms with E-state index in [-0.39, 0.29) is 11.3 Å². The number of aliphatic hydroxyl groups excluding tert-OH is 1. The third-order valence-electron chi connectivity index (χ3n) is 6.18. The molecule has 2 atom stereocenters. The van der Waals surface area contributed by atoms with E-state index in [1.54, 1.807) is 0 Å². The number of benzene rings is 1. The standard InChI is InChI=1S/C22H28N4O2/c1-2-17-13-23-21(24-14-17)26-12-9-19(27)22(16-26)10-6-11-25(15-22)20(28)18-7-4-3-5-8-18/h3-5,7-8,13-14,19,27H,2,6,9-12,15-16H2,1H3/t19-,22+/m1/s1. The van der Waals surface area contributed by atoms with E-state index < -0.39 is 6.10 Å². The fourth-order valence-corrected chi connectivity index (χ4v) is 4.51. The van der Waals surface area contributed by atoms with Crippen molar-refractivity contribution in [3.63, 3.8) is 0 Å². The third-order valence-corrected chi connectivity index (χ3v) is 6.18. The zero-order chi connectivity index (χ0) is 19.6. The van der Waals surface area contributed by atoms with Gasteiger partial charge in [0, 0.05) is 49.6 Å². The first-order chi connectivity index (χ1) is 13.6. The molecule has 0 aliphatic carbocycles. The van der Waals surface area contributed by atoms with Crippen LogP contribution in [0.1, 0.15) is 42.1 Å². The Morgan fingerprint density at radius 2 is 1.93 bits per heavy atom. The number of aromatic nitrogens is 2. The minimum atomic E-state index is -0.412. The lowest BCUT2D eigenvalue weighted by Crippen LogP contribution is -2.60. The minimum Gasteiger partial charge on any atom is -0.392 e. The van der Waals surface area contributed by atoms with Gasteiger partial charge in [0.25, 0.3) is 5.91 Å². The Balaban J connectivity index is 1.53. The van der Waals surface area contributed by atoms with Crippen LogP contribution < -0.4 is 4.90 Å². The molecule has 0 unspecified atom stereocenters. The first kappa shape index (κ1) is 18.9. The summed E-state index contributed by atoms with van der Waals surface area (Å²) in [4.78, 5) is 26.1. The van der Waals surface area contributed by atoms with Crippen LogP contribution in [0.5, 0.6) is 0 Å². The molecule has 1 aromatic carbocycles. The Morgan fingerprint density at radius 3 is 2.64 bits per heavy atom. The van der Waals surface area contributed by atoms with Gasteiger partial charge in [-0.05, 0) is 43.4 Å². The number of hydrogen-bond donors (Lipinski definition) is 1. The van der Waals surface area contributed by atoms with Crippen LogP contribution in [0.3, 0.4) is 0 Å². The van der Waals surface area contributed by atoms with Crippen LogP contribution in [-0.4, -0.2) is 58.2 Å². The van der Waals surface area contributed by atoms with Crippen molar-refractivity contribution >= 4 is 11.9 Å². The van der Waals surface area contributed by atoms with Crippen molar-refractivity contribution in [2.45, 2.75) is 38.7 Å². The zero-order valence-corrected chi connectivity index (χ0v) is 16.4. The lowest BCUT2D eigenvalue weighted by atomic mass is 9.71. The Morgan fingerprint density at radius 1 is 1.18 bits per heavy atom. The summed E-state index contributed by atoms with van der Waals surface area (Å²) in [6.45, 7) is 4.82. The van der Waals surface area contributed by atoms with Crippen molar-refractivity contribution in [2.75, 3.05) is 31.1 Å². The maximum Gasteiger partial charge on any atom is 0.253 e. The highest BCUT2D eigenvalue weighted by Gasteiger charge is 2.47. The number of carbonyl (C=O) groups is 1. The molecule has 0 bridgehead atoms. The van der Waals surface area contributed by atoms with E-state index in [4.69, 9.17) is 0 Å². The fourth-order valence-electron chi connectivity index (χ4n) is 4.51. The average Bonchev–Trinajstić information content (AvgIpc) is 2.76. The minimum absolute atomic E-state index is 0.0487. The summed E-state index contributed by atoms with van der Waals surface area (Å²) in [5, 5.41) is 10.9. The van der Waals surface area contributed by atoms with E-state index in [1.807, 2.05) is 47.6 Å². The molecule has 2 saturated heterocycles. The van der Waals surface area contributed by atoms with Gasteiger partial charge in [0.2, 0.25) is 5.95 Å². The van der Waals surface area contributed by atoms with Crippen LogP contribution in [-0.2, 0) is 6.42 Å². The van der Waals surface area contributed by atoms with Gasteiger partial charge < -0.3 is 14.9 Å². The predicted molar refractivity (Wildman–Crippen MR) is 108 cm³/mol. The number of likely N-dealkylation sites (tertiary alicyclic amines) is 1. The summed E-state index contributed by atoms with van der Waals surface area (Å²) in [5.74, 6) is 0.766. The molecule has 2 aromatic rings. The summed E-state index contributed by atoms with van der Waals surface area (Å²) >= 11 is 0. The molecular formula is C22H28N4O2. The van der Waals surface area contributed by atoms with Gasteiger partial charge in [0.05, 0.1) is 6.10 Å². The quantitative estimate of drug-likeness (QED) is 0.886. The van der Waals surface area contributed by atoms with Crippen molar-refractivity contribution in [2.24, 2.45) is 5.41 Å². The monoisotopic (exact) mass is 380 g/mol. The lowest BCUT2D eigenvalue weighted by molar-refractivity contribution is -0.0363. The van der Waals surface area contributed by atoms with E-state index in [0.29, 0.717) is 25.1 Å². The number of carbonyl (C=O) groups excluding carboxylic acids is 1. The first-order valence-corrected chi connectivity index (χ1v) is 10.2. The maximum absolute atomic E-state index is 13.0. The number of anilines is 1. The number of amides is 1. The van der Waals surface area contributed by atoms with Crippen LogP contribution in [0.2, 0.25) is 0 Å². The Hall–Kier alpha value is -2.47. The number of hydrogen-bond acceptors (Lipinski definition) is 5. The Kier molecular flexibility index (Phi) is 5.31. The van der Waals surface area contributed by atoms with E-state index in [9.17, 15) is 9.90 Å². The largest absolute Gasteiger partial charge is 0.392 e. The van der Waals surface area contributed by atoms with Gasteiger partial charge in [0.15, 0.2) is 0 Å². The molecule has 2 aliphatic heterocycles. The van der Waals surface area contributed by atoms with Crippen LogP contribution in [0, 0.1) is 5.41 Å². The Bertz CT molecular complexity index is 811. The summed E-state index contributed by atoms with van der Waals surface area (Å²) in [7, 11) is 0. The zero-order valence-electron chi connectivity index (χ0n) is 16.4. The highest BCUT2D eigenvalue weighted by Crippen LogP contribution is 2.40. The molecule has 1 N–H and O–H groups in total. The maximum atomic E-state index is 13.0. The van der Waals surface area contributed by atoms with Gasteiger partial charge in [-0.1, -0.05) is 25.1 Å². The molecule has 6 nitrogen and oxygen atoms in total. The van der Waals surface area contributed by atoms with Crippen LogP contribution in [0.15, 0.2) is 42.7 Å². The molecule has 0 radical (unpaired) electrons. The topological polar surface area (TPSA) is 69.6 Å². The molecule has 1 aromatic heterocycles. The molecular weight excluding hydrogens is 352 g/mol. The number of nitrogens with zero attached hydrogens (tertiary/aromatic N) is 4.